The lowest BCUT2D eigenvalue weighted by Crippen LogP contribution is -2.45. The molecule has 7 rings (SSSR count). The molecular formula is C41H42ClN7O2. The molecule has 5 aromatic rings. The highest BCUT2D eigenvalue weighted by atomic mass is 35.5. The Kier molecular flexibility index (Phi) is 10.7. The average molecular weight is 700 g/mol. The van der Waals surface area contributed by atoms with Gasteiger partial charge in [0.25, 0.3) is 11.8 Å². The van der Waals surface area contributed by atoms with Crippen LogP contribution in [0.1, 0.15) is 57.7 Å². The molecule has 0 spiro atoms. The first-order chi connectivity index (χ1) is 24.9. The molecule has 0 saturated carbocycles. The molecule has 3 aromatic heterocycles. The number of carbonyl (C=O) groups is 2. The van der Waals surface area contributed by atoms with E-state index in [-0.39, 0.29) is 23.9 Å². The lowest BCUT2D eigenvalue weighted by Gasteiger charge is -2.34. The van der Waals surface area contributed by atoms with Crippen molar-refractivity contribution in [3.05, 3.63) is 131 Å². The Labute approximate surface area is 304 Å². The highest BCUT2D eigenvalue weighted by molar-refractivity contribution is 6.33. The second kappa shape index (κ2) is 15.8. The van der Waals surface area contributed by atoms with Gasteiger partial charge in [-0.1, -0.05) is 41.9 Å². The van der Waals surface area contributed by atoms with Crippen LogP contribution in [0.25, 0.3) is 22.3 Å². The van der Waals surface area contributed by atoms with Crippen molar-refractivity contribution in [2.75, 3.05) is 31.1 Å². The molecule has 0 bridgehead atoms. The summed E-state index contributed by atoms with van der Waals surface area (Å²) in [6.45, 7) is 6.26. The van der Waals surface area contributed by atoms with Crippen LogP contribution in [0.4, 0.5) is 5.82 Å². The molecule has 0 unspecified atom stereocenters. The van der Waals surface area contributed by atoms with Gasteiger partial charge in [0.1, 0.15) is 5.82 Å². The second-order valence-electron chi connectivity index (χ2n) is 13.5. The van der Waals surface area contributed by atoms with E-state index in [0.717, 1.165) is 92.2 Å². The molecule has 2 fully saturated rings. The summed E-state index contributed by atoms with van der Waals surface area (Å²) < 4.78 is 0. The van der Waals surface area contributed by atoms with E-state index in [1.54, 1.807) is 24.5 Å². The maximum absolute atomic E-state index is 13.2. The number of hydrogen-bond donors (Lipinski definition) is 2. The number of carbonyl (C=O) groups excluding carboxylic acids is 2. The number of amides is 2. The van der Waals surface area contributed by atoms with Crippen LogP contribution in [0.2, 0.25) is 5.02 Å². The number of aryl methyl sites for hydroxylation is 1. The molecular weight excluding hydrogens is 658 g/mol. The molecule has 51 heavy (non-hydrogen) atoms. The summed E-state index contributed by atoms with van der Waals surface area (Å²) in [5, 5.41) is 7.07. The Hall–Kier alpha value is -5.12. The molecule has 2 aliphatic heterocycles. The molecule has 2 amide bonds. The number of benzene rings is 2. The zero-order chi connectivity index (χ0) is 35.2. The Morgan fingerprint density at radius 3 is 2.12 bits per heavy atom. The topological polar surface area (TPSA) is 103 Å². The van der Waals surface area contributed by atoms with E-state index in [9.17, 15) is 9.59 Å². The van der Waals surface area contributed by atoms with E-state index < -0.39 is 0 Å². The van der Waals surface area contributed by atoms with Gasteiger partial charge in [-0.05, 0) is 92.3 Å². The third-order valence-electron chi connectivity index (χ3n) is 9.86. The molecule has 0 aliphatic carbocycles. The van der Waals surface area contributed by atoms with Crippen molar-refractivity contribution in [2.45, 2.75) is 51.2 Å². The van der Waals surface area contributed by atoms with Crippen molar-refractivity contribution in [2.24, 2.45) is 0 Å². The summed E-state index contributed by atoms with van der Waals surface area (Å²) >= 11 is 6.47. The van der Waals surface area contributed by atoms with Crippen LogP contribution in [0, 0.1) is 6.92 Å². The predicted octanol–water partition coefficient (Wildman–Crippen LogP) is 6.96. The number of nitrogens with zero attached hydrogens (tertiary/aromatic N) is 5. The minimum atomic E-state index is -0.0794. The summed E-state index contributed by atoms with van der Waals surface area (Å²) in [6, 6.07) is 25.5. The lowest BCUT2D eigenvalue weighted by atomic mass is 10.0. The molecule has 10 heteroatoms. The molecule has 2 aromatic carbocycles. The maximum Gasteiger partial charge on any atom is 0.251 e. The van der Waals surface area contributed by atoms with Gasteiger partial charge in [0.15, 0.2) is 0 Å². The van der Waals surface area contributed by atoms with Gasteiger partial charge < -0.3 is 15.5 Å². The van der Waals surface area contributed by atoms with Gasteiger partial charge in [-0.3, -0.25) is 24.5 Å². The zero-order valence-corrected chi connectivity index (χ0v) is 29.5. The first-order valence-corrected chi connectivity index (χ1v) is 18.0. The van der Waals surface area contributed by atoms with Crippen LogP contribution >= 0.6 is 11.6 Å². The highest BCUT2D eigenvalue weighted by Gasteiger charge is 2.24. The van der Waals surface area contributed by atoms with E-state index in [2.05, 4.69) is 42.5 Å². The minimum Gasteiger partial charge on any atom is -0.356 e. The van der Waals surface area contributed by atoms with Crippen LogP contribution < -0.4 is 15.5 Å². The van der Waals surface area contributed by atoms with Gasteiger partial charge in [-0.25, -0.2) is 4.98 Å². The molecule has 2 N–H and O–H groups in total. The first kappa shape index (κ1) is 34.3. The standard InChI is InChI=1S/C41H42ClN7O2/c1-28-7-9-34(26-44-28)37-23-32(10-11-38(37)42)41(51)46-35-13-18-48(19-14-35)27-29-8-12-39(45-24-29)49-20-15-36(16-21-49)47-40(50)31-5-2-4-30(22-31)33-6-3-17-43-25-33/h2-12,17,22-26,35-36H,13-16,18-21,27H2,1H3,(H,46,51)(H,47,50). The number of rotatable bonds is 9. The number of likely N-dealkylation sites (tertiary alicyclic amines) is 1. The molecule has 2 saturated heterocycles. The predicted molar refractivity (Wildman–Crippen MR) is 202 cm³/mol. The van der Waals surface area contributed by atoms with Crippen molar-refractivity contribution in [3.63, 3.8) is 0 Å². The smallest absolute Gasteiger partial charge is 0.251 e. The Morgan fingerprint density at radius 1 is 0.725 bits per heavy atom. The normalized spacial score (nSPS) is 15.8. The molecule has 260 valence electrons. The molecule has 9 nitrogen and oxygen atoms in total. The SMILES string of the molecule is Cc1ccc(-c2cc(C(=O)NC3CCN(Cc4ccc(N5CCC(NC(=O)c6cccc(-c7cccnc7)c6)CC5)nc4)CC3)ccc2Cl)cn1. The van der Waals surface area contributed by atoms with E-state index in [4.69, 9.17) is 16.6 Å². The van der Waals surface area contributed by atoms with Gasteiger partial charge in [0.2, 0.25) is 0 Å². The van der Waals surface area contributed by atoms with Crippen LogP contribution in [-0.4, -0.2) is 69.9 Å². The Balaban J connectivity index is 0.848. The molecule has 2 aliphatic rings. The number of hydrogen-bond acceptors (Lipinski definition) is 7. The molecule has 0 atom stereocenters. The van der Waals surface area contributed by atoms with Crippen molar-refractivity contribution in [1.29, 1.82) is 0 Å². The maximum atomic E-state index is 13.2. The van der Waals surface area contributed by atoms with Gasteiger partial charge >= 0.3 is 0 Å². The third kappa shape index (κ3) is 8.61. The van der Waals surface area contributed by atoms with E-state index >= 15 is 0 Å². The average Bonchev–Trinajstić information content (AvgIpc) is 3.17. The van der Waals surface area contributed by atoms with Crippen LogP contribution in [0.15, 0.2) is 104 Å². The highest BCUT2D eigenvalue weighted by Crippen LogP contribution is 2.29. The monoisotopic (exact) mass is 699 g/mol. The fraction of sp³-hybridized carbons (Fsp3) is 0.293. The van der Waals surface area contributed by atoms with Crippen molar-refractivity contribution >= 4 is 29.2 Å². The van der Waals surface area contributed by atoms with E-state index in [0.29, 0.717) is 16.1 Å². The van der Waals surface area contributed by atoms with Gasteiger partial charge in [-0.2, -0.15) is 0 Å². The fourth-order valence-corrected chi connectivity index (χ4v) is 7.10. The Bertz CT molecular complexity index is 1960. The zero-order valence-electron chi connectivity index (χ0n) is 28.8. The number of aromatic nitrogens is 3. The summed E-state index contributed by atoms with van der Waals surface area (Å²) in [5.74, 6) is 0.849. The van der Waals surface area contributed by atoms with Crippen LogP contribution in [0.5, 0.6) is 0 Å². The minimum absolute atomic E-state index is 0.0416. The van der Waals surface area contributed by atoms with Crippen molar-refractivity contribution in [3.8, 4) is 22.3 Å². The quantitative estimate of drug-likeness (QED) is 0.172. The number of nitrogens with one attached hydrogen (secondary N) is 2. The number of anilines is 1. The largest absolute Gasteiger partial charge is 0.356 e. The van der Waals surface area contributed by atoms with Gasteiger partial charge in [-0.15, -0.1) is 0 Å². The third-order valence-corrected chi connectivity index (χ3v) is 10.2. The summed E-state index contributed by atoms with van der Waals surface area (Å²) in [6.07, 6.45) is 10.8. The molecule has 5 heterocycles. The summed E-state index contributed by atoms with van der Waals surface area (Å²) in [5.41, 5.74) is 7.04. The number of piperidine rings is 2. The van der Waals surface area contributed by atoms with Crippen molar-refractivity contribution in [1.82, 2.24) is 30.5 Å². The van der Waals surface area contributed by atoms with E-state index in [1.165, 1.54) is 5.56 Å². The number of pyridine rings is 3. The summed E-state index contributed by atoms with van der Waals surface area (Å²) in [4.78, 5) is 44.3. The number of halogens is 1. The molecule has 0 radical (unpaired) electrons. The lowest BCUT2D eigenvalue weighted by molar-refractivity contribution is 0.0906. The van der Waals surface area contributed by atoms with Gasteiger partial charge in [0.05, 0.1) is 0 Å². The van der Waals surface area contributed by atoms with Crippen LogP contribution in [-0.2, 0) is 6.54 Å². The second-order valence-corrected chi connectivity index (χ2v) is 13.9. The Morgan fingerprint density at radius 2 is 1.45 bits per heavy atom. The van der Waals surface area contributed by atoms with Crippen LogP contribution in [0.3, 0.4) is 0 Å². The van der Waals surface area contributed by atoms with Gasteiger partial charge in [0, 0.05) is 108 Å². The summed E-state index contributed by atoms with van der Waals surface area (Å²) in [7, 11) is 0. The van der Waals surface area contributed by atoms with Crippen molar-refractivity contribution < 1.29 is 9.59 Å². The van der Waals surface area contributed by atoms with E-state index in [1.807, 2.05) is 73.9 Å². The first-order valence-electron chi connectivity index (χ1n) is 17.6. The fourth-order valence-electron chi connectivity index (χ4n) is 6.87.